The fourth-order valence-electron chi connectivity index (χ4n) is 1.41. The van der Waals surface area contributed by atoms with Gasteiger partial charge in [0.25, 0.3) is 0 Å². The van der Waals surface area contributed by atoms with Crippen molar-refractivity contribution >= 4 is 0 Å². The summed E-state index contributed by atoms with van der Waals surface area (Å²) in [4.78, 5) is 0. The molecule has 0 aromatic rings. The van der Waals surface area contributed by atoms with Gasteiger partial charge in [-0.1, -0.05) is 13.3 Å². The topological polar surface area (TPSA) is 20.2 Å². The molecule has 2 heteroatoms. The van der Waals surface area contributed by atoms with Gasteiger partial charge in [-0.25, -0.2) is 0 Å². The lowest BCUT2D eigenvalue weighted by Crippen LogP contribution is -2.30. The number of hydrogen-bond donors (Lipinski definition) is 1. The predicted octanol–water partition coefficient (Wildman–Crippen LogP) is 0.609. The van der Waals surface area contributed by atoms with Crippen LogP contribution >= 0.6 is 0 Å². The summed E-state index contributed by atoms with van der Waals surface area (Å²) in [6, 6.07) is 0. The normalized spacial score (nSPS) is 21.0. The highest BCUT2D eigenvalue weighted by molar-refractivity contribution is 4.56. The first-order valence-electron chi connectivity index (χ1n) is 4.29. The molecule has 0 amide bonds. The number of aliphatic hydroxyl groups excluding tert-OH is 1. The van der Waals surface area contributed by atoms with Crippen LogP contribution in [0, 0.1) is 0 Å². The molecule has 1 fully saturated rings. The van der Waals surface area contributed by atoms with Crippen LogP contribution < -0.4 is 0 Å². The monoisotopic (exact) mass is 144 g/mol. The quantitative estimate of drug-likeness (QED) is 0.443. The van der Waals surface area contributed by atoms with Crippen LogP contribution in [0.3, 0.4) is 0 Å². The molecule has 1 N–H and O–H groups in total. The Kier molecular flexibility index (Phi) is 2.69. The molecule has 0 spiro atoms. The SMILES string of the molecule is CCCC[N+]1(CCO)CC1. The van der Waals surface area contributed by atoms with Gasteiger partial charge in [-0.3, -0.25) is 0 Å². The molecule has 0 aromatic heterocycles. The third-order valence-electron chi connectivity index (χ3n) is 2.42. The van der Waals surface area contributed by atoms with Crippen LogP contribution in [0.1, 0.15) is 19.8 Å². The molecule has 1 rings (SSSR count). The van der Waals surface area contributed by atoms with Crippen LogP contribution in [0.4, 0.5) is 0 Å². The number of unbranched alkanes of at least 4 members (excludes halogenated alkanes) is 1. The smallest absolute Gasteiger partial charge is 0.129 e. The zero-order valence-electron chi connectivity index (χ0n) is 6.84. The van der Waals surface area contributed by atoms with Gasteiger partial charge in [0.1, 0.15) is 19.6 Å². The van der Waals surface area contributed by atoms with E-state index in [1.54, 1.807) is 0 Å². The molecule has 1 aliphatic heterocycles. The Bertz CT molecular complexity index is 99.4. The second kappa shape index (κ2) is 3.35. The molecule has 0 atom stereocenters. The first-order valence-corrected chi connectivity index (χ1v) is 4.29. The lowest BCUT2D eigenvalue weighted by Gasteiger charge is -2.15. The minimum atomic E-state index is 0.365. The molecule has 0 unspecified atom stereocenters. The zero-order chi connectivity index (χ0) is 7.45. The maximum atomic E-state index is 8.73. The number of aliphatic hydroxyl groups is 1. The summed E-state index contributed by atoms with van der Waals surface area (Å²) in [5.74, 6) is 0. The van der Waals surface area contributed by atoms with Gasteiger partial charge in [0.2, 0.25) is 0 Å². The van der Waals surface area contributed by atoms with Gasteiger partial charge in [-0.15, -0.1) is 0 Å². The van der Waals surface area contributed by atoms with Crippen molar-refractivity contribution in [3.8, 4) is 0 Å². The van der Waals surface area contributed by atoms with Gasteiger partial charge >= 0.3 is 0 Å². The van der Waals surface area contributed by atoms with Crippen molar-refractivity contribution in [1.82, 2.24) is 0 Å². The van der Waals surface area contributed by atoms with E-state index in [2.05, 4.69) is 6.92 Å². The Morgan fingerprint density at radius 1 is 1.30 bits per heavy atom. The maximum absolute atomic E-state index is 8.73. The van der Waals surface area contributed by atoms with Crippen molar-refractivity contribution in [2.24, 2.45) is 0 Å². The number of rotatable bonds is 5. The van der Waals surface area contributed by atoms with Gasteiger partial charge in [-0.05, 0) is 6.42 Å². The summed E-state index contributed by atoms with van der Waals surface area (Å²) in [5, 5.41) is 8.73. The van der Waals surface area contributed by atoms with E-state index >= 15 is 0 Å². The minimum absolute atomic E-state index is 0.365. The molecule has 0 bridgehead atoms. The molecule has 10 heavy (non-hydrogen) atoms. The standard InChI is InChI=1S/C8H18NO/c1-2-3-4-9(5-6-9)7-8-10/h10H,2-8H2,1H3/q+1. The summed E-state index contributed by atoms with van der Waals surface area (Å²) < 4.78 is 1.20. The van der Waals surface area contributed by atoms with Crippen molar-refractivity contribution < 1.29 is 9.59 Å². The van der Waals surface area contributed by atoms with E-state index in [-0.39, 0.29) is 0 Å². The summed E-state index contributed by atoms with van der Waals surface area (Å²) >= 11 is 0. The summed E-state index contributed by atoms with van der Waals surface area (Å²) in [7, 11) is 0. The molecular weight excluding hydrogens is 126 g/mol. The van der Waals surface area contributed by atoms with Crippen LogP contribution in [-0.2, 0) is 0 Å². The highest BCUT2D eigenvalue weighted by atomic mass is 16.3. The molecule has 60 valence electrons. The van der Waals surface area contributed by atoms with Crippen LogP contribution in [0.5, 0.6) is 0 Å². The van der Waals surface area contributed by atoms with E-state index in [1.165, 1.54) is 37.0 Å². The second-order valence-corrected chi connectivity index (χ2v) is 3.31. The lowest BCUT2D eigenvalue weighted by molar-refractivity contribution is -0.800. The van der Waals surface area contributed by atoms with Crippen molar-refractivity contribution in [2.75, 3.05) is 32.8 Å². The first kappa shape index (κ1) is 8.02. The van der Waals surface area contributed by atoms with E-state index in [1.807, 2.05) is 0 Å². The van der Waals surface area contributed by atoms with E-state index in [0.717, 1.165) is 6.54 Å². The summed E-state index contributed by atoms with van der Waals surface area (Å²) in [6.07, 6.45) is 2.60. The molecule has 0 saturated carbocycles. The first-order chi connectivity index (χ1) is 4.83. The average molecular weight is 144 g/mol. The van der Waals surface area contributed by atoms with Gasteiger partial charge < -0.3 is 9.59 Å². The van der Waals surface area contributed by atoms with Crippen LogP contribution in [0.15, 0.2) is 0 Å². The van der Waals surface area contributed by atoms with Crippen molar-refractivity contribution in [3.05, 3.63) is 0 Å². The van der Waals surface area contributed by atoms with Gasteiger partial charge in [0.05, 0.1) is 13.2 Å². The average Bonchev–Trinajstić information content (AvgIpc) is 2.67. The Morgan fingerprint density at radius 2 is 2.00 bits per heavy atom. The van der Waals surface area contributed by atoms with Crippen LogP contribution in [0.2, 0.25) is 0 Å². The molecule has 1 saturated heterocycles. The Hall–Kier alpha value is -0.0800. The number of hydrogen-bond acceptors (Lipinski definition) is 1. The van der Waals surface area contributed by atoms with Crippen molar-refractivity contribution in [3.63, 3.8) is 0 Å². The van der Waals surface area contributed by atoms with Gasteiger partial charge in [0.15, 0.2) is 0 Å². The third-order valence-corrected chi connectivity index (χ3v) is 2.42. The van der Waals surface area contributed by atoms with E-state index < -0.39 is 0 Å². The fraction of sp³-hybridized carbons (Fsp3) is 1.00. The van der Waals surface area contributed by atoms with Crippen LogP contribution in [0.25, 0.3) is 0 Å². The number of nitrogens with zero attached hydrogens (tertiary/aromatic N) is 1. The molecule has 1 heterocycles. The summed E-state index contributed by atoms with van der Waals surface area (Å²) in [5.41, 5.74) is 0. The predicted molar refractivity (Wildman–Crippen MR) is 41.7 cm³/mol. The fourth-order valence-corrected chi connectivity index (χ4v) is 1.41. The lowest BCUT2D eigenvalue weighted by atomic mass is 10.3. The molecule has 0 aromatic carbocycles. The zero-order valence-corrected chi connectivity index (χ0v) is 6.84. The van der Waals surface area contributed by atoms with Crippen molar-refractivity contribution in [2.45, 2.75) is 19.8 Å². The van der Waals surface area contributed by atoms with Crippen LogP contribution in [-0.4, -0.2) is 42.4 Å². The van der Waals surface area contributed by atoms with Gasteiger partial charge in [0, 0.05) is 0 Å². The molecule has 0 aliphatic carbocycles. The molecule has 1 aliphatic rings. The number of quaternary nitrogens is 1. The van der Waals surface area contributed by atoms with Gasteiger partial charge in [-0.2, -0.15) is 0 Å². The Morgan fingerprint density at radius 3 is 2.40 bits per heavy atom. The molecular formula is C8H18NO+. The van der Waals surface area contributed by atoms with E-state index in [0.29, 0.717) is 6.61 Å². The minimum Gasteiger partial charge on any atom is -0.391 e. The molecule has 0 radical (unpaired) electrons. The van der Waals surface area contributed by atoms with Crippen molar-refractivity contribution in [1.29, 1.82) is 0 Å². The largest absolute Gasteiger partial charge is 0.391 e. The summed E-state index contributed by atoms with van der Waals surface area (Å²) in [6.45, 7) is 7.47. The highest BCUT2D eigenvalue weighted by Gasteiger charge is 2.40. The third kappa shape index (κ3) is 1.96. The van der Waals surface area contributed by atoms with E-state index in [9.17, 15) is 0 Å². The molecule has 2 nitrogen and oxygen atoms in total. The second-order valence-electron chi connectivity index (χ2n) is 3.31. The van der Waals surface area contributed by atoms with E-state index in [4.69, 9.17) is 5.11 Å². The highest BCUT2D eigenvalue weighted by Crippen LogP contribution is 2.20. The Labute approximate surface area is 63.1 Å². The Balaban J connectivity index is 2.11. The maximum Gasteiger partial charge on any atom is 0.129 e.